The molecule has 1 saturated heterocycles. The monoisotopic (exact) mass is 437 g/mol. The molecule has 4 nitrogen and oxygen atoms in total. The summed E-state index contributed by atoms with van der Waals surface area (Å²) in [5.41, 5.74) is 1.50. The number of ether oxygens (including phenoxy) is 2. The molecule has 0 aromatic heterocycles. The van der Waals surface area contributed by atoms with Gasteiger partial charge in [0.2, 0.25) is 0 Å². The summed E-state index contributed by atoms with van der Waals surface area (Å²) in [4.78, 5) is 12.7. The zero-order chi connectivity index (χ0) is 18.6. The molecule has 1 heterocycles. The lowest BCUT2D eigenvalue weighted by atomic mass is 9.74. The van der Waals surface area contributed by atoms with Crippen LogP contribution in [0.15, 0.2) is 46.9 Å². The van der Waals surface area contributed by atoms with E-state index in [0.717, 1.165) is 23.1 Å². The summed E-state index contributed by atoms with van der Waals surface area (Å²) in [6.45, 7) is 1.89. The molecule has 1 fully saturated rings. The van der Waals surface area contributed by atoms with Gasteiger partial charge in [-0.05, 0) is 48.7 Å². The summed E-state index contributed by atoms with van der Waals surface area (Å²) < 4.78 is 11.6. The number of halogens is 2. The van der Waals surface area contributed by atoms with Crippen LogP contribution in [0.1, 0.15) is 28.8 Å². The molecule has 1 aliphatic heterocycles. The van der Waals surface area contributed by atoms with Gasteiger partial charge in [-0.2, -0.15) is 0 Å². The zero-order valence-corrected chi connectivity index (χ0v) is 16.9. The van der Waals surface area contributed by atoms with Crippen molar-refractivity contribution in [3.8, 4) is 5.75 Å². The first-order valence-corrected chi connectivity index (χ1v) is 9.67. The predicted molar refractivity (Wildman–Crippen MR) is 106 cm³/mol. The molecular formula is C20H21BrClNO3. The quantitative estimate of drug-likeness (QED) is 0.743. The highest BCUT2D eigenvalue weighted by Gasteiger charge is 2.35. The third kappa shape index (κ3) is 4.22. The Labute approximate surface area is 167 Å². The van der Waals surface area contributed by atoms with E-state index in [1.807, 2.05) is 18.2 Å². The van der Waals surface area contributed by atoms with Gasteiger partial charge >= 0.3 is 0 Å². The average molecular weight is 439 g/mol. The summed E-state index contributed by atoms with van der Waals surface area (Å²) >= 11 is 9.57. The van der Waals surface area contributed by atoms with Crippen molar-refractivity contribution in [1.82, 2.24) is 5.32 Å². The number of rotatable bonds is 5. The van der Waals surface area contributed by atoms with Crippen molar-refractivity contribution < 1.29 is 14.3 Å². The van der Waals surface area contributed by atoms with Crippen molar-refractivity contribution >= 4 is 33.4 Å². The fraction of sp³-hybridized carbons (Fsp3) is 0.350. The summed E-state index contributed by atoms with van der Waals surface area (Å²) in [5, 5.41) is 3.51. The Morgan fingerprint density at radius 1 is 1.23 bits per heavy atom. The van der Waals surface area contributed by atoms with Gasteiger partial charge in [-0.15, -0.1) is 0 Å². The van der Waals surface area contributed by atoms with Crippen LogP contribution in [0.3, 0.4) is 0 Å². The molecule has 138 valence electrons. The number of amides is 1. The number of methoxy groups -OCH3 is 1. The third-order valence-electron chi connectivity index (χ3n) is 4.91. The number of carbonyl (C=O) groups excluding carboxylic acids is 1. The normalized spacial score (nSPS) is 16.1. The highest BCUT2D eigenvalue weighted by atomic mass is 79.9. The van der Waals surface area contributed by atoms with Gasteiger partial charge in [-0.3, -0.25) is 4.79 Å². The molecule has 2 aromatic carbocycles. The van der Waals surface area contributed by atoms with Gasteiger partial charge in [-0.25, -0.2) is 0 Å². The van der Waals surface area contributed by atoms with Crippen LogP contribution in [0.5, 0.6) is 5.75 Å². The molecule has 0 radical (unpaired) electrons. The van der Waals surface area contributed by atoms with Crippen molar-refractivity contribution in [2.75, 3.05) is 26.9 Å². The fourth-order valence-electron chi connectivity index (χ4n) is 3.29. The lowest BCUT2D eigenvalue weighted by Gasteiger charge is -2.38. The standard InChI is InChI=1S/C20H21BrClNO3/c1-25-16-5-2-14(3-6-16)20(8-10-26-11-9-20)13-23-19(24)17-12-15(21)4-7-18(17)22/h2-7,12H,8-11,13H2,1H3,(H,23,24). The summed E-state index contributed by atoms with van der Waals surface area (Å²) in [5.74, 6) is 0.650. The largest absolute Gasteiger partial charge is 0.497 e. The number of hydrogen-bond donors (Lipinski definition) is 1. The maximum Gasteiger partial charge on any atom is 0.252 e. The lowest BCUT2D eigenvalue weighted by Crippen LogP contribution is -2.44. The first kappa shape index (κ1) is 19.2. The highest BCUT2D eigenvalue weighted by Crippen LogP contribution is 2.35. The van der Waals surface area contributed by atoms with Crippen molar-refractivity contribution in [2.24, 2.45) is 0 Å². The molecule has 1 amide bonds. The van der Waals surface area contributed by atoms with Gasteiger partial charge in [0.05, 0.1) is 17.7 Å². The van der Waals surface area contributed by atoms with Crippen LogP contribution in [0.4, 0.5) is 0 Å². The molecule has 2 aromatic rings. The number of benzene rings is 2. The summed E-state index contributed by atoms with van der Waals surface area (Å²) in [6, 6.07) is 13.3. The van der Waals surface area contributed by atoms with E-state index in [2.05, 4.69) is 33.4 Å². The Morgan fingerprint density at radius 3 is 2.58 bits per heavy atom. The Balaban J connectivity index is 1.80. The highest BCUT2D eigenvalue weighted by molar-refractivity contribution is 9.10. The first-order valence-electron chi connectivity index (χ1n) is 8.50. The molecule has 0 aliphatic carbocycles. The molecule has 0 saturated carbocycles. The van der Waals surface area contributed by atoms with E-state index in [1.165, 1.54) is 5.56 Å². The molecule has 26 heavy (non-hydrogen) atoms. The molecule has 1 aliphatic rings. The summed E-state index contributed by atoms with van der Waals surface area (Å²) in [6.07, 6.45) is 1.71. The number of hydrogen-bond acceptors (Lipinski definition) is 3. The summed E-state index contributed by atoms with van der Waals surface area (Å²) in [7, 11) is 1.65. The maximum atomic E-state index is 12.7. The van der Waals surface area contributed by atoms with E-state index in [1.54, 1.807) is 19.2 Å². The topological polar surface area (TPSA) is 47.6 Å². The van der Waals surface area contributed by atoms with E-state index in [4.69, 9.17) is 21.1 Å². The van der Waals surface area contributed by atoms with Crippen LogP contribution in [-0.4, -0.2) is 32.8 Å². The van der Waals surface area contributed by atoms with Gasteiger partial charge in [0.1, 0.15) is 5.75 Å². The smallest absolute Gasteiger partial charge is 0.252 e. The van der Waals surface area contributed by atoms with Gasteiger partial charge < -0.3 is 14.8 Å². The Kier molecular flexibility index (Phi) is 6.22. The minimum atomic E-state index is -0.171. The Bertz CT molecular complexity index is 773. The number of carbonyl (C=O) groups is 1. The second kappa shape index (κ2) is 8.42. The maximum absolute atomic E-state index is 12.7. The lowest BCUT2D eigenvalue weighted by molar-refractivity contribution is 0.0487. The van der Waals surface area contributed by atoms with Crippen molar-refractivity contribution in [3.05, 3.63) is 63.1 Å². The Hall–Kier alpha value is -1.56. The molecule has 0 bridgehead atoms. The first-order chi connectivity index (χ1) is 12.5. The molecule has 1 N–H and O–H groups in total. The van der Waals surface area contributed by atoms with E-state index in [-0.39, 0.29) is 11.3 Å². The van der Waals surface area contributed by atoms with E-state index in [9.17, 15) is 4.79 Å². The van der Waals surface area contributed by atoms with E-state index >= 15 is 0 Å². The fourth-order valence-corrected chi connectivity index (χ4v) is 3.85. The van der Waals surface area contributed by atoms with E-state index < -0.39 is 0 Å². The molecular weight excluding hydrogens is 418 g/mol. The van der Waals surface area contributed by atoms with Crippen LogP contribution in [0, 0.1) is 0 Å². The Morgan fingerprint density at radius 2 is 1.92 bits per heavy atom. The van der Waals surface area contributed by atoms with Gasteiger partial charge in [0.25, 0.3) is 5.91 Å². The molecule has 0 spiro atoms. The van der Waals surface area contributed by atoms with Gasteiger partial charge in [0.15, 0.2) is 0 Å². The number of nitrogens with one attached hydrogen (secondary N) is 1. The third-order valence-corrected chi connectivity index (χ3v) is 5.74. The minimum Gasteiger partial charge on any atom is -0.497 e. The van der Waals surface area contributed by atoms with Crippen molar-refractivity contribution in [3.63, 3.8) is 0 Å². The van der Waals surface area contributed by atoms with Crippen LogP contribution >= 0.6 is 27.5 Å². The van der Waals surface area contributed by atoms with Crippen LogP contribution in [0.2, 0.25) is 5.02 Å². The van der Waals surface area contributed by atoms with Crippen molar-refractivity contribution in [1.29, 1.82) is 0 Å². The van der Waals surface area contributed by atoms with Gasteiger partial charge in [0, 0.05) is 29.6 Å². The van der Waals surface area contributed by atoms with Gasteiger partial charge in [-0.1, -0.05) is 39.7 Å². The van der Waals surface area contributed by atoms with Crippen LogP contribution < -0.4 is 10.1 Å². The molecule has 6 heteroatoms. The average Bonchev–Trinajstić information content (AvgIpc) is 2.69. The zero-order valence-electron chi connectivity index (χ0n) is 14.6. The minimum absolute atomic E-state index is 0.154. The second-order valence-electron chi connectivity index (χ2n) is 6.43. The molecule has 0 atom stereocenters. The van der Waals surface area contributed by atoms with Crippen molar-refractivity contribution in [2.45, 2.75) is 18.3 Å². The predicted octanol–water partition coefficient (Wildman–Crippen LogP) is 4.59. The van der Waals surface area contributed by atoms with E-state index in [0.29, 0.717) is 30.3 Å². The molecule has 0 unspecified atom stereocenters. The van der Waals surface area contributed by atoms with Crippen LogP contribution in [-0.2, 0) is 10.2 Å². The van der Waals surface area contributed by atoms with Crippen LogP contribution in [0.25, 0.3) is 0 Å². The molecule has 3 rings (SSSR count). The second-order valence-corrected chi connectivity index (χ2v) is 7.75. The SMILES string of the molecule is COc1ccc(C2(CNC(=O)c3cc(Br)ccc3Cl)CCOCC2)cc1.